The van der Waals surface area contributed by atoms with E-state index in [1.165, 1.54) is 6.07 Å². The second-order valence-electron chi connectivity index (χ2n) is 4.95. The summed E-state index contributed by atoms with van der Waals surface area (Å²) in [5.74, 6) is -1.02. The van der Waals surface area contributed by atoms with Gasteiger partial charge in [-0.15, -0.1) is 0 Å². The molecule has 0 radical (unpaired) electrons. The van der Waals surface area contributed by atoms with Crippen molar-refractivity contribution in [3.8, 4) is 45.3 Å². The van der Waals surface area contributed by atoms with Crippen molar-refractivity contribution in [2.45, 2.75) is 0 Å². The van der Waals surface area contributed by atoms with Crippen LogP contribution in [0.2, 0.25) is 0 Å². The largest absolute Gasteiger partial charge is 0.508 e. The third-order valence-electron chi connectivity index (χ3n) is 3.53. The van der Waals surface area contributed by atoms with E-state index in [0.29, 0.717) is 5.56 Å². The minimum Gasteiger partial charge on any atom is -0.508 e. The minimum absolute atomic E-state index is 0.213. The number of rotatable bonds is 2. The molecule has 4 heteroatoms. The predicted molar refractivity (Wildman–Crippen MR) is 84.0 cm³/mol. The zero-order valence-corrected chi connectivity index (χ0v) is 11.6. The molecule has 0 aliphatic carbocycles. The first-order valence-corrected chi connectivity index (χ1v) is 6.70. The predicted octanol–water partition coefficient (Wildman–Crippen LogP) is 3.84. The number of hydrogen-bond acceptors (Lipinski definition) is 4. The lowest BCUT2D eigenvalue weighted by Crippen LogP contribution is -1.82. The molecule has 3 aromatic rings. The Morgan fingerprint density at radius 1 is 0.455 bits per heavy atom. The molecule has 0 aliphatic rings. The van der Waals surface area contributed by atoms with Gasteiger partial charge in [-0.25, -0.2) is 0 Å². The van der Waals surface area contributed by atoms with Gasteiger partial charge in [0.25, 0.3) is 0 Å². The van der Waals surface area contributed by atoms with Crippen molar-refractivity contribution in [1.29, 1.82) is 0 Å². The molecule has 110 valence electrons. The van der Waals surface area contributed by atoms with Crippen molar-refractivity contribution >= 4 is 0 Å². The van der Waals surface area contributed by atoms with Gasteiger partial charge in [-0.3, -0.25) is 0 Å². The summed E-state index contributed by atoms with van der Waals surface area (Å²) < 4.78 is 0. The van der Waals surface area contributed by atoms with Crippen LogP contribution in [-0.4, -0.2) is 20.4 Å². The summed E-state index contributed by atoms with van der Waals surface area (Å²) in [4.78, 5) is 0. The lowest BCUT2D eigenvalue weighted by atomic mass is 9.99. The van der Waals surface area contributed by atoms with E-state index in [0.717, 1.165) is 16.7 Å². The van der Waals surface area contributed by atoms with Gasteiger partial charge in [0, 0.05) is 5.56 Å². The fourth-order valence-electron chi connectivity index (χ4n) is 2.30. The first-order chi connectivity index (χ1) is 10.6. The van der Waals surface area contributed by atoms with Gasteiger partial charge >= 0.3 is 0 Å². The fourth-order valence-corrected chi connectivity index (χ4v) is 2.30. The molecule has 3 aromatic carbocycles. The van der Waals surface area contributed by atoms with E-state index >= 15 is 0 Å². The fraction of sp³-hybridized carbons (Fsp3) is 0. The van der Waals surface area contributed by atoms with Crippen LogP contribution >= 0.6 is 0 Å². The van der Waals surface area contributed by atoms with Gasteiger partial charge in [0.15, 0.2) is 11.5 Å². The molecule has 0 heterocycles. The van der Waals surface area contributed by atoms with Crippen LogP contribution in [0.15, 0.2) is 60.7 Å². The number of aromatic hydroxyl groups is 4. The molecule has 4 N–H and O–H groups in total. The van der Waals surface area contributed by atoms with Gasteiger partial charge < -0.3 is 20.4 Å². The molecule has 0 fully saturated rings. The Kier molecular flexibility index (Phi) is 3.35. The van der Waals surface area contributed by atoms with Gasteiger partial charge in [0.05, 0.1) is 0 Å². The third kappa shape index (κ3) is 2.42. The quantitative estimate of drug-likeness (QED) is 0.541. The van der Waals surface area contributed by atoms with Crippen molar-refractivity contribution in [2.75, 3.05) is 0 Å². The second-order valence-corrected chi connectivity index (χ2v) is 4.95. The van der Waals surface area contributed by atoms with Crippen molar-refractivity contribution in [2.24, 2.45) is 0 Å². The molecular formula is C18H14O4. The van der Waals surface area contributed by atoms with Gasteiger partial charge in [-0.2, -0.15) is 0 Å². The number of hydrogen-bond donors (Lipinski definition) is 4. The van der Waals surface area contributed by atoms with Crippen molar-refractivity contribution < 1.29 is 20.4 Å². The summed E-state index contributed by atoms with van der Waals surface area (Å²) in [6.07, 6.45) is 0. The Balaban J connectivity index is 1.98. The molecular weight excluding hydrogens is 280 g/mol. The highest BCUT2D eigenvalue weighted by atomic mass is 16.3. The summed E-state index contributed by atoms with van der Waals surface area (Å²) in [6.45, 7) is 0. The SMILES string of the molecule is Oc1ccc(-c2ccc(-c3ccc(O)c(O)c3O)cc2)cc1. The molecule has 4 nitrogen and oxygen atoms in total. The molecule has 0 saturated carbocycles. The highest BCUT2D eigenvalue weighted by molar-refractivity contribution is 5.77. The van der Waals surface area contributed by atoms with E-state index in [2.05, 4.69) is 0 Å². The summed E-state index contributed by atoms with van der Waals surface area (Å²) in [5.41, 5.74) is 3.08. The van der Waals surface area contributed by atoms with Crippen LogP contribution in [0.25, 0.3) is 22.3 Å². The Morgan fingerprint density at radius 3 is 1.55 bits per heavy atom. The third-order valence-corrected chi connectivity index (χ3v) is 3.53. The van der Waals surface area contributed by atoms with E-state index < -0.39 is 5.75 Å². The normalized spacial score (nSPS) is 10.5. The lowest BCUT2D eigenvalue weighted by molar-refractivity contribution is 0.369. The molecule has 0 bridgehead atoms. The van der Waals surface area contributed by atoms with E-state index in [1.807, 2.05) is 36.4 Å². The molecule has 0 saturated heterocycles. The maximum Gasteiger partial charge on any atom is 0.200 e. The Bertz CT molecular complexity index is 806. The highest BCUT2D eigenvalue weighted by Crippen LogP contribution is 2.42. The Hall–Kier alpha value is -3.14. The first kappa shape index (κ1) is 13.8. The molecule has 0 atom stereocenters. The van der Waals surface area contributed by atoms with Crippen LogP contribution in [0, 0.1) is 0 Å². The first-order valence-electron chi connectivity index (χ1n) is 6.70. The monoisotopic (exact) mass is 294 g/mol. The summed E-state index contributed by atoms with van der Waals surface area (Å²) in [6, 6.07) is 17.1. The second kappa shape index (κ2) is 5.33. The summed E-state index contributed by atoms with van der Waals surface area (Å²) >= 11 is 0. The molecule has 0 unspecified atom stereocenters. The summed E-state index contributed by atoms with van der Waals surface area (Å²) in [7, 11) is 0. The van der Waals surface area contributed by atoms with E-state index in [-0.39, 0.29) is 17.2 Å². The molecule has 0 amide bonds. The van der Waals surface area contributed by atoms with Gasteiger partial charge in [-0.1, -0.05) is 36.4 Å². The standard InChI is InChI=1S/C18H14O4/c19-14-7-5-12(6-8-14)11-1-3-13(4-2-11)15-9-10-16(20)18(22)17(15)21/h1-10,19-22H. The molecule has 0 aliphatic heterocycles. The Labute approximate surface area is 127 Å². The van der Waals surface area contributed by atoms with Crippen LogP contribution in [0.3, 0.4) is 0 Å². The van der Waals surface area contributed by atoms with Crippen LogP contribution < -0.4 is 0 Å². The highest BCUT2D eigenvalue weighted by Gasteiger charge is 2.12. The van der Waals surface area contributed by atoms with Gasteiger partial charge in [0.2, 0.25) is 5.75 Å². The van der Waals surface area contributed by atoms with Gasteiger partial charge in [0.1, 0.15) is 5.75 Å². The van der Waals surface area contributed by atoms with Crippen molar-refractivity contribution in [3.63, 3.8) is 0 Å². The van der Waals surface area contributed by atoms with E-state index in [4.69, 9.17) is 0 Å². The van der Waals surface area contributed by atoms with Crippen molar-refractivity contribution in [3.05, 3.63) is 60.7 Å². The van der Waals surface area contributed by atoms with Crippen LogP contribution in [0.1, 0.15) is 0 Å². The Morgan fingerprint density at radius 2 is 0.955 bits per heavy atom. The van der Waals surface area contributed by atoms with Gasteiger partial charge in [-0.05, 0) is 41.0 Å². The average Bonchev–Trinajstić information content (AvgIpc) is 2.54. The van der Waals surface area contributed by atoms with Crippen LogP contribution in [0.4, 0.5) is 0 Å². The minimum atomic E-state index is -0.528. The molecule has 3 rings (SSSR count). The molecule has 22 heavy (non-hydrogen) atoms. The summed E-state index contributed by atoms with van der Waals surface area (Å²) in [5, 5.41) is 38.2. The lowest BCUT2D eigenvalue weighted by Gasteiger charge is -2.09. The van der Waals surface area contributed by atoms with Crippen LogP contribution in [0.5, 0.6) is 23.0 Å². The number of phenols is 4. The number of benzene rings is 3. The zero-order valence-electron chi connectivity index (χ0n) is 11.6. The zero-order chi connectivity index (χ0) is 15.7. The maximum absolute atomic E-state index is 9.91. The molecule has 0 aromatic heterocycles. The topological polar surface area (TPSA) is 80.9 Å². The number of phenolic OH excluding ortho intramolecular Hbond substituents is 4. The maximum atomic E-state index is 9.91. The average molecular weight is 294 g/mol. The van der Waals surface area contributed by atoms with E-state index in [9.17, 15) is 20.4 Å². The van der Waals surface area contributed by atoms with Crippen molar-refractivity contribution in [1.82, 2.24) is 0 Å². The van der Waals surface area contributed by atoms with E-state index in [1.54, 1.807) is 18.2 Å². The smallest absolute Gasteiger partial charge is 0.200 e. The molecule has 0 spiro atoms. The van der Waals surface area contributed by atoms with Crippen LogP contribution in [-0.2, 0) is 0 Å².